The lowest BCUT2D eigenvalue weighted by molar-refractivity contribution is 0.0553. The third kappa shape index (κ3) is 3.57. The average molecular weight is 226 g/mol. The second-order valence-electron chi connectivity index (χ2n) is 4.67. The summed E-state index contributed by atoms with van der Waals surface area (Å²) in [5.74, 6) is 0.905. The van der Waals surface area contributed by atoms with Gasteiger partial charge in [0.15, 0.2) is 0 Å². The molecule has 0 saturated carbocycles. The average Bonchev–Trinajstić information content (AvgIpc) is 2.66. The van der Waals surface area contributed by atoms with E-state index in [1.54, 1.807) is 6.33 Å². The minimum atomic E-state index is -0.650. The van der Waals surface area contributed by atoms with Gasteiger partial charge in [-0.05, 0) is 27.2 Å². The van der Waals surface area contributed by atoms with Gasteiger partial charge in [0.05, 0.1) is 12.1 Å². The van der Waals surface area contributed by atoms with Crippen LogP contribution >= 0.6 is 0 Å². The summed E-state index contributed by atoms with van der Waals surface area (Å²) >= 11 is 0. The fourth-order valence-corrected chi connectivity index (χ4v) is 1.40. The second-order valence-corrected chi connectivity index (χ2v) is 4.67. The molecule has 0 aliphatic heterocycles. The fourth-order valence-electron chi connectivity index (χ4n) is 1.40. The highest BCUT2D eigenvalue weighted by atomic mass is 16.3. The number of hydrogen-bond donors (Lipinski definition) is 2. The van der Waals surface area contributed by atoms with E-state index in [2.05, 4.69) is 29.2 Å². The van der Waals surface area contributed by atoms with Crippen molar-refractivity contribution in [1.82, 2.24) is 20.1 Å². The molecule has 0 fully saturated rings. The first kappa shape index (κ1) is 13.1. The maximum atomic E-state index is 9.82. The molecule has 1 rings (SSSR count). The Morgan fingerprint density at radius 2 is 2.25 bits per heavy atom. The molecule has 1 atom stereocenters. The molecule has 5 nitrogen and oxygen atoms in total. The van der Waals surface area contributed by atoms with E-state index in [4.69, 9.17) is 0 Å². The maximum absolute atomic E-state index is 9.82. The summed E-state index contributed by atoms with van der Waals surface area (Å²) in [5.41, 5.74) is -0.650. The lowest BCUT2D eigenvalue weighted by Gasteiger charge is -2.21. The summed E-state index contributed by atoms with van der Waals surface area (Å²) in [6.07, 6.45) is 2.30. The van der Waals surface area contributed by atoms with Gasteiger partial charge >= 0.3 is 0 Å². The van der Waals surface area contributed by atoms with Crippen molar-refractivity contribution in [2.24, 2.45) is 0 Å². The quantitative estimate of drug-likeness (QED) is 0.762. The summed E-state index contributed by atoms with van der Waals surface area (Å²) < 4.78 is 1.88. The van der Waals surface area contributed by atoms with Crippen molar-refractivity contribution in [3.63, 3.8) is 0 Å². The van der Waals surface area contributed by atoms with Gasteiger partial charge in [-0.2, -0.15) is 5.10 Å². The largest absolute Gasteiger partial charge is 0.389 e. The lowest BCUT2D eigenvalue weighted by atomic mass is 10.0. The number of nitrogens with one attached hydrogen (secondary N) is 1. The zero-order chi connectivity index (χ0) is 12.2. The molecule has 1 unspecified atom stereocenters. The first-order valence-electron chi connectivity index (χ1n) is 5.77. The summed E-state index contributed by atoms with van der Waals surface area (Å²) in [4.78, 5) is 4.19. The van der Waals surface area contributed by atoms with E-state index in [0.29, 0.717) is 19.1 Å². The second kappa shape index (κ2) is 5.41. The predicted molar refractivity (Wildman–Crippen MR) is 63.0 cm³/mol. The highest BCUT2D eigenvalue weighted by molar-refractivity contribution is 4.86. The zero-order valence-corrected chi connectivity index (χ0v) is 10.6. The van der Waals surface area contributed by atoms with Crippen LogP contribution in [0.5, 0.6) is 0 Å². The molecule has 2 N–H and O–H groups in total. The van der Waals surface area contributed by atoms with E-state index in [-0.39, 0.29) is 0 Å². The van der Waals surface area contributed by atoms with Crippen molar-refractivity contribution in [3.8, 4) is 0 Å². The van der Waals surface area contributed by atoms with Crippen LogP contribution in [0.1, 0.15) is 46.0 Å². The summed E-state index contributed by atoms with van der Waals surface area (Å²) in [7, 11) is 0. The van der Waals surface area contributed by atoms with E-state index < -0.39 is 5.60 Å². The molecule has 92 valence electrons. The summed E-state index contributed by atoms with van der Waals surface area (Å²) in [6.45, 7) is 9.13. The third-order valence-electron chi connectivity index (χ3n) is 2.69. The highest BCUT2D eigenvalue weighted by Crippen LogP contribution is 2.08. The Hall–Kier alpha value is -0.940. The monoisotopic (exact) mass is 226 g/mol. The smallest absolute Gasteiger partial charge is 0.141 e. The molecule has 1 aromatic heterocycles. The first-order chi connectivity index (χ1) is 7.46. The maximum Gasteiger partial charge on any atom is 0.141 e. The Kier molecular flexibility index (Phi) is 4.44. The molecule has 5 heteroatoms. The van der Waals surface area contributed by atoms with E-state index in [9.17, 15) is 5.11 Å². The van der Waals surface area contributed by atoms with Crippen LogP contribution in [0, 0.1) is 0 Å². The van der Waals surface area contributed by atoms with Crippen molar-refractivity contribution >= 4 is 0 Å². The molecule has 0 aliphatic rings. The molecule has 0 spiro atoms. The van der Waals surface area contributed by atoms with Crippen molar-refractivity contribution in [2.75, 3.05) is 6.54 Å². The molecule has 1 heterocycles. The van der Waals surface area contributed by atoms with Crippen molar-refractivity contribution in [1.29, 1.82) is 0 Å². The van der Waals surface area contributed by atoms with Gasteiger partial charge < -0.3 is 10.4 Å². The van der Waals surface area contributed by atoms with Crippen molar-refractivity contribution < 1.29 is 5.11 Å². The van der Waals surface area contributed by atoms with Gasteiger partial charge in [0, 0.05) is 12.6 Å². The molecular formula is C11H22N4O. The summed E-state index contributed by atoms with van der Waals surface area (Å²) in [6, 6.07) is 0.311. The Bertz CT molecular complexity index is 320. The molecular weight excluding hydrogens is 204 g/mol. The van der Waals surface area contributed by atoms with E-state index in [1.807, 2.05) is 18.5 Å². The van der Waals surface area contributed by atoms with E-state index >= 15 is 0 Å². The minimum Gasteiger partial charge on any atom is -0.389 e. The topological polar surface area (TPSA) is 63.0 Å². The Balaban J connectivity index is 2.46. The molecule has 0 aromatic carbocycles. The van der Waals surface area contributed by atoms with Crippen LogP contribution in [0.3, 0.4) is 0 Å². The standard InChI is InChI=1S/C11H22N4O/c1-5-11(4,16)7-12-6-10-13-8-14-15(10)9(2)3/h8-9,12,16H,5-7H2,1-4H3. The molecule has 0 amide bonds. The molecule has 1 aromatic rings. The van der Waals surface area contributed by atoms with Crippen LogP contribution in [-0.2, 0) is 6.54 Å². The zero-order valence-electron chi connectivity index (χ0n) is 10.6. The van der Waals surface area contributed by atoms with Gasteiger partial charge in [-0.1, -0.05) is 6.92 Å². The minimum absolute atomic E-state index is 0.311. The van der Waals surface area contributed by atoms with Gasteiger partial charge in [0.25, 0.3) is 0 Å². The number of aliphatic hydroxyl groups is 1. The summed E-state index contributed by atoms with van der Waals surface area (Å²) in [5, 5.41) is 17.2. The first-order valence-corrected chi connectivity index (χ1v) is 5.77. The highest BCUT2D eigenvalue weighted by Gasteiger charge is 2.17. The Morgan fingerprint density at radius 1 is 1.56 bits per heavy atom. The van der Waals surface area contributed by atoms with Gasteiger partial charge in [-0.25, -0.2) is 9.67 Å². The number of rotatable bonds is 6. The van der Waals surface area contributed by atoms with Crippen LogP contribution < -0.4 is 5.32 Å². The predicted octanol–water partition coefficient (Wildman–Crippen LogP) is 1.11. The fraction of sp³-hybridized carbons (Fsp3) is 0.818. The Morgan fingerprint density at radius 3 is 2.81 bits per heavy atom. The number of hydrogen-bond acceptors (Lipinski definition) is 4. The molecule has 16 heavy (non-hydrogen) atoms. The van der Waals surface area contributed by atoms with Gasteiger partial charge in [0.2, 0.25) is 0 Å². The van der Waals surface area contributed by atoms with Crippen LogP contribution in [0.2, 0.25) is 0 Å². The number of nitrogens with zero attached hydrogens (tertiary/aromatic N) is 3. The van der Waals surface area contributed by atoms with Gasteiger partial charge in [0.1, 0.15) is 12.2 Å². The van der Waals surface area contributed by atoms with Crippen LogP contribution in [0.4, 0.5) is 0 Å². The van der Waals surface area contributed by atoms with Gasteiger partial charge in [-0.3, -0.25) is 0 Å². The molecule has 0 aliphatic carbocycles. The molecule has 0 radical (unpaired) electrons. The molecule has 0 saturated heterocycles. The van der Waals surface area contributed by atoms with Crippen LogP contribution in [-0.4, -0.2) is 32.0 Å². The number of aromatic nitrogens is 3. The van der Waals surface area contributed by atoms with Crippen molar-refractivity contribution in [2.45, 2.75) is 52.3 Å². The van der Waals surface area contributed by atoms with Gasteiger partial charge in [-0.15, -0.1) is 0 Å². The Labute approximate surface area is 96.9 Å². The van der Waals surface area contributed by atoms with Crippen LogP contribution in [0.25, 0.3) is 0 Å². The lowest BCUT2D eigenvalue weighted by Crippen LogP contribution is -2.37. The molecule has 0 bridgehead atoms. The van der Waals surface area contributed by atoms with E-state index in [1.165, 1.54) is 0 Å². The van der Waals surface area contributed by atoms with Crippen LogP contribution in [0.15, 0.2) is 6.33 Å². The normalized spacial score (nSPS) is 15.4. The van der Waals surface area contributed by atoms with Crippen molar-refractivity contribution in [3.05, 3.63) is 12.2 Å². The third-order valence-corrected chi connectivity index (χ3v) is 2.69. The van der Waals surface area contributed by atoms with E-state index in [0.717, 1.165) is 12.2 Å². The SMILES string of the molecule is CCC(C)(O)CNCc1ncnn1C(C)C.